The summed E-state index contributed by atoms with van der Waals surface area (Å²) in [6.07, 6.45) is 3.84. The van der Waals surface area contributed by atoms with Gasteiger partial charge in [-0.1, -0.05) is 11.6 Å². The highest BCUT2D eigenvalue weighted by molar-refractivity contribution is 6.30. The molecule has 26 heavy (non-hydrogen) atoms. The minimum atomic E-state index is -0.645. The van der Waals surface area contributed by atoms with Gasteiger partial charge in [0.05, 0.1) is 5.69 Å². The zero-order valence-electron chi connectivity index (χ0n) is 14.5. The van der Waals surface area contributed by atoms with E-state index in [4.69, 9.17) is 11.6 Å². The SMILES string of the molecule is Cc1ccn(CC2CCCNC2)c(=O)c1C(=O)Nc1ccc(Cl)cc1F. The lowest BCUT2D eigenvalue weighted by Crippen LogP contribution is -2.36. The predicted octanol–water partition coefficient (Wildman–Crippen LogP) is 3.20. The van der Waals surface area contributed by atoms with Crippen LogP contribution in [-0.2, 0) is 6.54 Å². The van der Waals surface area contributed by atoms with E-state index in [1.54, 1.807) is 23.8 Å². The van der Waals surface area contributed by atoms with E-state index in [2.05, 4.69) is 10.6 Å². The molecule has 1 amide bonds. The van der Waals surface area contributed by atoms with E-state index < -0.39 is 11.7 Å². The van der Waals surface area contributed by atoms with E-state index in [0.717, 1.165) is 32.0 Å². The number of nitrogens with zero attached hydrogens (tertiary/aromatic N) is 1. The molecule has 1 unspecified atom stereocenters. The molecule has 2 aromatic rings. The van der Waals surface area contributed by atoms with Gasteiger partial charge in [0.25, 0.3) is 11.5 Å². The van der Waals surface area contributed by atoms with Crippen LogP contribution in [0.1, 0.15) is 28.8 Å². The number of nitrogens with one attached hydrogen (secondary N) is 2. The highest BCUT2D eigenvalue weighted by Crippen LogP contribution is 2.20. The second-order valence-corrected chi connectivity index (χ2v) is 7.06. The summed E-state index contributed by atoms with van der Waals surface area (Å²) in [6.45, 7) is 4.11. The van der Waals surface area contributed by atoms with E-state index in [-0.39, 0.29) is 21.8 Å². The number of halogens is 2. The topological polar surface area (TPSA) is 63.1 Å². The number of anilines is 1. The first-order valence-electron chi connectivity index (χ1n) is 8.63. The molecule has 0 saturated carbocycles. The smallest absolute Gasteiger partial charge is 0.263 e. The third kappa shape index (κ3) is 4.14. The molecule has 0 bridgehead atoms. The predicted molar refractivity (Wildman–Crippen MR) is 100 cm³/mol. The third-order valence-corrected chi connectivity index (χ3v) is 4.87. The van der Waals surface area contributed by atoms with Gasteiger partial charge in [-0.05, 0) is 68.6 Å². The van der Waals surface area contributed by atoms with E-state index >= 15 is 0 Å². The molecular formula is C19H21ClFN3O2. The van der Waals surface area contributed by atoms with Crippen LogP contribution in [0.3, 0.4) is 0 Å². The van der Waals surface area contributed by atoms with Gasteiger partial charge < -0.3 is 15.2 Å². The molecule has 1 aromatic carbocycles. The van der Waals surface area contributed by atoms with Crippen LogP contribution in [0.4, 0.5) is 10.1 Å². The largest absolute Gasteiger partial charge is 0.319 e. The van der Waals surface area contributed by atoms with Crippen molar-refractivity contribution in [1.82, 2.24) is 9.88 Å². The van der Waals surface area contributed by atoms with Crippen molar-refractivity contribution < 1.29 is 9.18 Å². The number of aromatic nitrogens is 1. The molecule has 2 heterocycles. The van der Waals surface area contributed by atoms with Crippen molar-refractivity contribution in [3.05, 3.63) is 62.8 Å². The molecule has 2 N–H and O–H groups in total. The summed E-state index contributed by atoms with van der Waals surface area (Å²) in [4.78, 5) is 25.4. The maximum Gasteiger partial charge on any atom is 0.263 e. The lowest BCUT2D eigenvalue weighted by Gasteiger charge is -2.23. The molecule has 1 aliphatic rings. The Hall–Kier alpha value is -2.18. The number of hydrogen-bond acceptors (Lipinski definition) is 3. The molecule has 3 rings (SSSR count). The second-order valence-electron chi connectivity index (χ2n) is 6.62. The van der Waals surface area contributed by atoms with Crippen molar-refractivity contribution in [1.29, 1.82) is 0 Å². The van der Waals surface area contributed by atoms with Crippen LogP contribution >= 0.6 is 11.6 Å². The molecule has 5 nitrogen and oxygen atoms in total. The van der Waals surface area contributed by atoms with Crippen LogP contribution in [-0.4, -0.2) is 23.6 Å². The van der Waals surface area contributed by atoms with E-state index in [1.165, 1.54) is 12.1 Å². The Labute approximate surface area is 156 Å². The van der Waals surface area contributed by atoms with Crippen LogP contribution in [0.15, 0.2) is 35.3 Å². The van der Waals surface area contributed by atoms with Crippen LogP contribution in [0, 0.1) is 18.7 Å². The molecule has 0 aliphatic carbocycles. The van der Waals surface area contributed by atoms with Crippen LogP contribution in [0.25, 0.3) is 0 Å². The van der Waals surface area contributed by atoms with Crippen molar-refractivity contribution in [3.8, 4) is 0 Å². The van der Waals surface area contributed by atoms with Gasteiger partial charge in [0.15, 0.2) is 0 Å². The number of aryl methyl sites for hydroxylation is 1. The lowest BCUT2D eigenvalue weighted by atomic mass is 9.99. The van der Waals surface area contributed by atoms with E-state index in [9.17, 15) is 14.0 Å². The molecule has 0 radical (unpaired) electrons. The molecule has 0 spiro atoms. The number of carbonyl (C=O) groups excluding carboxylic acids is 1. The highest BCUT2D eigenvalue weighted by atomic mass is 35.5. The minimum absolute atomic E-state index is 0.00918. The molecule has 7 heteroatoms. The van der Waals surface area contributed by atoms with Gasteiger partial charge in [0.1, 0.15) is 11.4 Å². The van der Waals surface area contributed by atoms with Gasteiger partial charge in [0, 0.05) is 17.8 Å². The Bertz CT molecular complexity index is 876. The van der Waals surface area contributed by atoms with Gasteiger partial charge in [-0.25, -0.2) is 4.39 Å². The van der Waals surface area contributed by atoms with E-state index in [0.29, 0.717) is 18.0 Å². The standard InChI is InChI=1S/C19H21ClFN3O2/c1-12-6-8-24(11-13-3-2-7-22-10-13)19(26)17(12)18(25)23-16-5-4-14(20)9-15(16)21/h4-6,8-9,13,22H,2-3,7,10-11H2,1H3,(H,23,25). The number of pyridine rings is 1. The highest BCUT2D eigenvalue weighted by Gasteiger charge is 2.20. The zero-order valence-corrected chi connectivity index (χ0v) is 15.3. The molecule has 1 atom stereocenters. The van der Waals surface area contributed by atoms with Crippen LogP contribution in [0.5, 0.6) is 0 Å². The fourth-order valence-corrected chi connectivity index (χ4v) is 3.38. The molecule has 1 aliphatic heterocycles. The normalized spacial score (nSPS) is 17.1. The Morgan fingerprint density at radius 1 is 1.42 bits per heavy atom. The Morgan fingerprint density at radius 3 is 2.92 bits per heavy atom. The summed E-state index contributed by atoms with van der Waals surface area (Å²) in [7, 11) is 0. The maximum absolute atomic E-state index is 13.9. The molecular weight excluding hydrogens is 357 g/mol. The fraction of sp³-hybridized carbons (Fsp3) is 0.368. The average Bonchev–Trinajstić information content (AvgIpc) is 2.61. The van der Waals surface area contributed by atoms with Gasteiger partial charge >= 0.3 is 0 Å². The van der Waals surface area contributed by atoms with Crippen molar-refractivity contribution >= 4 is 23.2 Å². The summed E-state index contributed by atoms with van der Waals surface area (Å²) in [5.74, 6) is -0.911. The fourth-order valence-electron chi connectivity index (χ4n) is 3.22. The number of piperidine rings is 1. The molecule has 1 fully saturated rings. The quantitative estimate of drug-likeness (QED) is 0.860. The van der Waals surface area contributed by atoms with Crippen molar-refractivity contribution in [2.24, 2.45) is 5.92 Å². The third-order valence-electron chi connectivity index (χ3n) is 4.63. The Morgan fingerprint density at radius 2 is 2.23 bits per heavy atom. The summed E-state index contributed by atoms with van der Waals surface area (Å²) >= 11 is 5.72. The second kappa shape index (κ2) is 8.01. The lowest BCUT2D eigenvalue weighted by molar-refractivity contribution is 0.102. The van der Waals surface area contributed by atoms with Crippen molar-refractivity contribution in [2.45, 2.75) is 26.3 Å². The first kappa shape index (κ1) is 18.6. The van der Waals surface area contributed by atoms with Gasteiger partial charge in [-0.15, -0.1) is 0 Å². The van der Waals surface area contributed by atoms with Gasteiger partial charge in [0.2, 0.25) is 0 Å². The minimum Gasteiger partial charge on any atom is -0.319 e. The first-order valence-corrected chi connectivity index (χ1v) is 9.00. The van der Waals surface area contributed by atoms with Crippen LogP contribution < -0.4 is 16.2 Å². The molecule has 138 valence electrons. The Balaban J connectivity index is 1.85. The van der Waals surface area contributed by atoms with Gasteiger partial charge in [-0.3, -0.25) is 9.59 Å². The average molecular weight is 378 g/mol. The molecule has 1 aromatic heterocycles. The summed E-state index contributed by atoms with van der Waals surface area (Å²) in [5, 5.41) is 6.02. The first-order chi connectivity index (χ1) is 12.5. The number of rotatable bonds is 4. The van der Waals surface area contributed by atoms with E-state index in [1.807, 2.05) is 0 Å². The van der Waals surface area contributed by atoms with Crippen LogP contribution in [0.2, 0.25) is 5.02 Å². The van der Waals surface area contributed by atoms with Crippen molar-refractivity contribution in [3.63, 3.8) is 0 Å². The van der Waals surface area contributed by atoms with Gasteiger partial charge in [-0.2, -0.15) is 0 Å². The number of amides is 1. The summed E-state index contributed by atoms with van der Waals surface area (Å²) in [5.41, 5.74) is 0.220. The monoisotopic (exact) mass is 377 g/mol. The zero-order chi connectivity index (χ0) is 18.7. The summed E-state index contributed by atoms with van der Waals surface area (Å²) < 4.78 is 15.5. The Kier molecular flexibility index (Phi) is 5.74. The number of benzene rings is 1. The maximum atomic E-state index is 13.9. The number of hydrogen-bond donors (Lipinski definition) is 2. The summed E-state index contributed by atoms with van der Waals surface area (Å²) in [6, 6.07) is 5.71. The van der Waals surface area contributed by atoms with Crippen molar-refractivity contribution in [2.75, 3.05) is 18.4 Å². The number of carbonyl (C=O) groups is 1. The molecule has 1 saturated heterocycles.